The standard InChI is InChI=1S/C12H18O2/c1-12(2,3)11(8-13)9-4-6-10(14)7-5-9/h4-7,11,13-14H,8H2,1-3H3. The smallest absolute Gasteiger partial charge is 0.115 e. The van der Waals surface area contributed by atoms with Crippen LogP contribution in [0.5, 0.6) is 5.75 Å². The van der Waals surface area contributed by atoms with Gasteiger partial charge in [-0.1, -0.05) is 32.9 Å². The van der Waals surface area contributed by atoms with Crippen molar-refractivity contribution in [2.45, 2.75) is 26.7 Å². The minimum absolute atomic E-state index is 0.0335. The van der Waals surface area contributed by atoms with E-state index in [2.05, 4.69) is 20.8 Å². The van der Waals surface area contributed by atoms with Crippen molar-refractivity contribution >= 4 is 0 Å². The summed E-state index contributed by atoms with van der Waals surface area (Å²) < 4.78 is 0. The lowest BCUT2D eigenvalue weighted by molar-refractivity contribution is 0.186. The molecular formula is C12H18O2. The van der Waals surface area contributed by atoms with Crippen molar-refractivity contribution in [2.75, 3.05) is 6.61 Å². The maximum atomic E-state index is 9.32. The highest BCUT2D eigenvalue weighted by molar-refractivity contribution is 5.29. The summed E-state index contributed by atoms with van der Waals surface area (Å²) in [6.45, 7) is 6.43. The number of aliphatic hydroxyl groups is 1. The summed E-state index contributed by atoms with van der Waals surface area (Å²) >= 11 is 0. The van der Waals surface area contributed by atoms with E-state index in [1.54, 1.807) is 12.1 Å². The lowest BCUT2D eigenvalue weighted by Gasteiger charge is -2.29. The van der Waals surface area contributed by atoms with Crippen LogP contribution in [0.25, 0.3) is 0 Å². The second-order valence-electron chi connectivity index (χ2n) is 4.69. The SMILES string of the molecule is CC(C)(C)C(CO)c1ccc(O)cc1. The minimum atomic E-state index is 0.0335. The van der Waals surface area contributed by atoms with E-state index in [-0.39, 0.29) is 23.7 Å². The van der Waals surface area contributed by atoms with E-state index in [4.69, 9.17) is 5.11 Å². The van der Waals surface area contributed by atoms with Gasteiger partial charge in [-0.15, -0.1) is 0 Å². The van der Waals surface area contributed by atoms with Gasteiger partial charge < -0.3 is 10.2 Å². The Kier molecular flexibility index (Phi) is 3.17. The van der Waals surface area contributed by atoms with Crippen molar-refractivity contribution in [3.8, 4) is 5.75 Å². The number of benzene rings is 1. The molecule has 1 unspecified atom stereocenters. The van der Waals surface area contributed by atoms with Crippen molar-refractivity contribution in [3.05, 3.63) is 29.8 Å². The van der Waals surface area contributed by atoms with E-state index < -0.39 is 0 Å². The molecule has 0 saturated carbocycles. The Labute approximate surface area is 85.2 Å². The van der Waals surface area contributed by atoms with Gasteiger partial charge in [0.25, 0.3) is 0 Å². The number of aromatic hydroxyl groups is 1. The Balaban J connectivity index is 2.96. The van der Waals surface area contributed by atoms with Gasteiger partial charge in [0.15, 0.2) is 0 Å². The molecule has 0 heterocycles. The number of hydrogen-bond acceptors (Lipinski definition) is 2. The molecule has 0 saturated heterocycles. The lowest BCUT2D eigenvalue weighted by atomic mass is 9.77. The summed E-state index contributed by atoms with van der Waals surface area (Å²) in [6.07, 6.45) is 0. The Hall–Kier alpha value is -1.02. The van der Waals surface area contributed by atoms with Crippen LogP contribution in [0.2, 0.25) is 0 Å². The van der Waals surface area contributed by atoms with Crippen molar-refractivity contribution in [2.24, 2.45) is 5.41 Å². The monoisotopic (exact) mass is 194 g/mol. The Bertz CT molecular complexity index is 282. The molecule has 14 heavy (non-hydrogen) atoms. The first-order valence-corrected chi connectivity index (χ1v) is 4.85. The van der Waals surface area contributed by atoms with Crippen LogP contribution < -0.4 is 0 Å². The molecule has 0 aliphatic carbocycles. The van der Waals surface area contributed by atoms with Crippen LogP contribution in [-0.4, -0.2) is 16.8 Å². The fourth-order valence-electron chi connectivity index (χ4n) is 1.59. The lowest BCUT2D eigenvalue weighted by Crippen LogP contribution is -2.21. The largest absolute Gasteiger partial charge is 0.508 e. The minimum Gasteiger partial charge on any atom is -0.508 e. The molecule has 1 rings (SSSR count). The van der Waals surface area contributed by atoms with E-state index in [1.807, 2.05) is 12.1 Å². The number of phenols is 1. The Morgan fingerprint density at radius 3 is 2.00 bits per heavy atom. The second kappa shape index (κ2) is 4.01. The van der Waals surface area contributed by atoms with Crippen LogP contribution in [0.4, 0.5) is 0 Å². The van der Waals surface area contributed by atoms with Crippen molar-refractivity contribution in [1.82, 2.24) is 0 Å². The molecule has 0 aliphatic heterocycles. The fraction of sp³-hybridized carbons (Fsp3) is 0.500. The normalized spacial score (nSPS) is 14.0. The topological polar surface area (TPSA) is 40.5 Å². The molecule has 0 spiro atoms. The number of phenolic OH excluding ortho intramolecular Hbond substituents is 1. The first kappa shape index (κ1) is 11.1. The van der Waals surface area contributed by atoms with Gasteiger partial charge >= 0.3 is 0 Å². The maximum absolute atomic E-state index is 9.32. The number of aliphatic hydroxyl groups excluding tert-OH is 1. The fourth-order valence-corrected chi connectivity index (χ4v) is 1.59. The molecule has 2 nitrogen and oxygen atoms in total. The summed E-state index contributed by atoms with van der Waals surface area (Å²) in [4.78, 5) is 0. The highest BCUT2D eigenvalue weighted by atomic mass is 16.3. The quantitative estimate of drug-likeness (QED) is 0.759. The number of rotatable bonds is 2. The highest BCUT2D eigenvalue weighted by Gasteiger charge is 2.25. The molecular weight excluding hydrogens is 176 g/mol. The molecule has 0 aliphatic rings. The zero-order valence-corrected chi connectivity index (χ0v) is 8.99. The van der Waals surface area contributed by atoms with Gasteiger partial charge in [0.05, 0.1) is 6.61 Å². The van der Waals surface area contributed by atoms with Gasteiger partial charge in [0, 0.05) is 5.92 Å². The van der Waals surface area contributed by atoms with Gasteiger partial charge in [-0.3, -0.25) is 0 Å². The van der Waals surface area contributed by atoms with Crippen LogP contribution in [0.1, 0.15) is 32.3 Å². The molecule has 1 aromatic rings. The zero-order valence-electron chi connectivity index (χ0n) is 8.99. The first-order valence-electron chi connectivity index (χ1n) is 4.85. The second-order valence-corrected chi connectivity index (χ2v) is 4.69. The molecule has 78 valence electrons. The molecule has 1 atom stereocenters. The molecule has 0 fully saturated rings. The Morgan fingerprint density at radius 1 is 1.14 bits per heavy atom. The third kappa shape index (κ3) is 2.48. The molecule has 0 radical (unpaired) electrons. The van der Waals surface area contributed by atoms with E-state index in [1.165, 1.54) is 0 Å². The molecule has 0 amide bonds. The molecule has 2 N–H and O–H groups in total. The molecule has 1 aromatic carbocycles. The average molecular weight is 194 g/mol. The maximum Gasteiger partial charge on any atom is 0.115 e. The molecule has 2 heteroatoms. The zero-order chi connectivity index (χ0) is 10.8. The van der Waals surface area contributed by atoms with Crippen LogP contribution in [0, 0.1) is 5.41 Å². The van der Waals surface area contributed by atoms with Crippen molar-refractivity contribution in [3.63, 3.8) is 0 Å². The van der Waals surface area contributed by atoms with Gasteiger partial charge in [0.2, 0.25) is 0 Å². The van der Waals surface area contributed by atoms with Gasteiger partial charge in [0.1, 0.15) is 5.75 Å². The third-order valence-electron chi connectivity index (χ3n) is 2.52. The van der Waals surface area contributed by atoms with Crippen LogP contribution in [-0.2, 0) is 0 Å². The van der Waals surface area contributed by atoms with Gasteiger partial charge in [-0.25, -0.2) is 0 Å². The first-order chi connectivity index (χ1) is 6.45. The van der Waals surface area contributed by atoms with Crippen LogP contribution in [0.15, 0.2) is 24.3 Å². The molecule has 0 aromatic heterocycles. The van der Waals surface area contributed by atoms with Crippen LogP contribution in [0.3, 0.4) is 0 Å². The van der Waals surface area contributed by atoms with Crippen molar-refractivity contribution in [1.29, 1.82) is 0 Å². The predicted octanol–water partition coefficient (Wildman–Crippen LogP) is 2.51. The van der Waals surface area contributed by atoms with Gasteiger partial charge in [-0.2, -0.15) is 0 Å². The van der Waals surface area contributed by atoms with Crippen LogP contribution >= 0.6 is 0 Å². The summed E-state index contributed by atoms with van der Waals surface area (Å²) in [5, 5.41) is 18.5. The number of hydrogen-bond donors (Lipinski definition) is 2. The van der Waals surface area contributed by atoms with E-state index in [0.29, 0.717) is 0 Å². The summed E-state index contributed by atoms with van der Waals surface area (Å²) in [7, 11) is 0. The van der Waals surface area contributed by atoms with E-state index in [0.717, 1.165) is 5.56 Å². The van der Waals surface area contributed by atoms with Crippen molar-refractivity contribution < 1.29 is 10.2 Å². The summed E-state index contributed by atoms with van der Waals surface area (Å²) in [5.41, 5.74) is 1.10. The third-order valence-corrected chi connectivity index (χ3v) is 2.52. The summed E-state index contributed by atoms with van der Waals surface area (Å²) in [5.74, 6) is 0.377. The van der Waals surface area contributed by atoms with E-state index in [9.17, 15) is 5.11 Å². The summed E-state index contributed by atoms with van der Waals surface area (Å²) in [6, 6.07) is 7.04. The van der Waals surface area contributed by atoms with Gasteiger partial charge in [-0.05, 0) is 23.1 Å². The average Bonchev–Trinajstić information content (AvgIpc) is 2.07. The highest BCUT2D eigenvalue weighted by Crippen LogP contribution is 2.34. The predicted molar refractivity (Wildman–Crippen MR) is 57.4 cm³/mol. The van der Waals surface area contributed by atoms with E-state index >= 15 is 0 Å². The molecule has 0 bridgehead atoms. The Morgan fingerprint density at radius 2 is 1.64 bits per heavy atom.